The molecule has 1 aromatic heterocycles. The Bertz CT molecular complexity index is 514. The van der Waals surface area contributed by atoms with Gasteiger partial charge in [0, 0.05) is 12.1 Å². The number of non-ortho nitro benzene ring substituents is 1. The Balaban J connectivity index is 0.00000128. The highest BCUT2D eigenvalue weighted by molar-refractivity contribution is 5.37. The normalized spacial score (nSPS) is 9.50. The number of nitrogen functional groups attached to an aromatic ring is 1. The van der Waals surface area contributed by atoms with E-state index in [0.717, 1.165) is 4.80 Å². The minimum Gasteiger partial charge on any atom is -1.00 e. The number of nitrogens with two attached hydrogens (primary N) is 1. The SMILES string of the molecule is Nc1n[n+](-c2cccc([N+](=O)[O-])c2)no1.[Cl-]. The fourth-order valence-electron chi connectivity index (χ4n) is 1.05. The second-order valence-corrected chi connectivity index (χ2v) is 2.68. The van der Waals surface area contributed by atoms with E-state index in [4.69, 9.17) is 5.73 Å². The maximum Gasteiger partial charge on any atom is 0.387 e. The molecule has 2 rings (SSSR count). The molecule has 2 N–H and O–H groups in total. The van der Waals surface area contributed by atoms with Gasteiger partial charge in [0.15, 0.2) is 0 Å². The lowest BCUT2D eigenvalue weighted by Gasteiger charge is -1.88. The number of hydrogen-bond donors (Lipinski definition) is 1. The molecule has 0 atom stereocenters. The molecule has 0 amide bonds. The van der Waals surface area contributed by atoms with Crippen LogP contribution >= 0.6 is 0 Å². The van der Waals surface area contributed by atoms with Crippen LogP contribution in [0.2, 0.25) is 0 Å². The van der Waals surface area contributed by atoms with Gasteiger partial charge < -0.3 is 18.1 Å². The fourth-order valence-corrected chi connectivity index (χ4v) is 1.05. The molecule has 16 heavy (non-hydrogen) atoms. The lowest BCUT2D eigenvalue weighted by Crippen LogP contribution is -3.00. The number of aromatic nitrogens is 3. The summed E-state index contributed by atoms with van der Waals surface area (Å²) in [7, 11) is 0. The maximum absolute atomic E-state index is 10.5. The standard InChI is InChI=1S/C7H6N5O3.ClH/c8-7-9-11(10-15-7)5-2-1-3-6(4-5)12(13)14;/h1-4H,(H2,8,9,10);1H/q+1;/p-1. The minimum absolute atomic E-state index is 0. The van der Waals surface area contributed by atoms with E-state index in [1.807, 2.05) is 0 Å². The van der Waals surface area contributed by atoms with Crippen LogP contribution < -0.4 is 22.9 Å². The first-order valence-corrected chi connectivity index (χ1v) is 3.93. The molecular formula is C7H6ClN5O3. The van der Waals surface area contributed by atoms with E-state index in [2.05, 4.69) is 14.9 Å². The van der Waals surface area contributed by atoms with Gasteiger partial charge in [-0.05, 0) is 6.07 Å². The van der Waals surface area contributed by atoms with Crippen molar-refractivity contribution in [1.29, 1.82) is 0 Å². The zero-order chi connectivity index (χ0) is 10.8. The summed E-state index contributed by atoms with van der Waals surface area (Å²) in [5.41, 5.74) is 5.57. The van der Waals surface area contributed by atoms with Crippen LogP contribution in [0.5, 0.6) is 0 Å². The molecule has 0 saturated heterocycles. The third-order valence-corrected chi connectivity index (χ3v) is 1.68. The van der Waals surface area contributed by atoms with Crippen LogP contribution in [0.15, 0.2) is 28.8 Å². The lowest BCUT2D eigenvalue weighted by atomic mass is 10.3. The van der Waals surface area contributed by atoms with Crippen LogP contribution in [0.1, 0.15) is 0 Å². The highest BCUT2D eigenvalue weighted by Crippen LogP contribution is 2.12. The highest BCUT2D eigenvalue weighted by Gasteiger charge is 2.18. The van der Waals surface area contributed by atoms with Crippen LogP contribution in [0.4, 0.5) is 11.7 Å². The number of nitro benzene ring substituents is 1. The summed E-state index contributed by atoms with van der Waals surface area (Å²) < 4.78 is 4.53. The number of rotatable bonds is 2. The van der Waals surface area contributed by atoms with E-state index in [1.165, 1.54) is 18.2 Å². The fraction of sp³-hybridized carbons (Fsp3) is 0. The van der Waals surface area contributed by atoms with Crippen LogP contribution in [-0.4, -0.2) is 15.3 Å². The van der Waals surface area contributed by atoms with Crippen LogP contribution in [0, 0.1) is 10.1 Å². The summed E-state index contributed by atoms with van der Waals surface area (Å²) >= 11 is 0. The average molecular weight is 244 g/mol. The van der Waals surface area contributed by atoms with Gasteiger partial charge in [0.2, 0.25) is 5.27 Å². The molecular weight excluding hydrogens is 238 g/mol. The molecule has 0 bridgehead atoms. The zero-order valence-corrected chi connectivity index (χ0v) is 8.53. The van der Waals surface area contributed by atoms with Crippen molar-refractivity contribution in [2.75, 3.05) is 5.73 Å². The largest absolute Gasteiger partial charge is 1.00 e. The molecule has 9 heteroatoms. The molecule has 1 heterocycles. The number of benzene rings is 1. The van der Waals surface area contributed by atoms with Crippen molar-refractivity contribution in [3.05, 3.63) is 34.4 Å². The zero-order valence-electron chi connectivity index (χ0n) is 7.78. The molecule has 0 radical (unpaired) electrons. The monoisotopic (exact) mass is 243 g/mol. The molecule has 0 aliphatic rings. The van der Waals surface area contributed by atoms with Gasteiger partial charge in [-0.25, -0.2) is 0 Å². The van der Waals surface area contributed by atoms with Gasteiger partial charge in [0.25, 0.3) is 11.4 Å². The molecule has 0 unspecified atom stereocenters. The van der Waals surface area contributed by atoms with Gasteiger partial charge in [-0.3, -0.25) is 14.6 Å². The second-order valence-electron chi connectivity index (χ2n) is 2.68. The Hall–Kier alpha value is -2.22. The van der Waals surface area contributed by atoms with Crippen LogP contribution in [-0.2, 0) is 0 Å². The predicted octanol–water partition coefficient (Wildman–Crippen LogP) is -3.16. The second kappa shape index (κ2) is 4.53. The van der Waals surface area contributed by atoms with Crippen LogP contribution in [0.25, 0.3) is 5.69 Å². The Morgan fingerprint density at radius 1 is 1.50 bits per heavy atom. The third-order valence-electron chi connectivity index (χ3n) is 1.68. The Morgan fingerprint density at radius 2 is 2.25 bits per heavy atom. The summed E-state index contributed by atoms with van der Waals surface area (Å²) in [5.74, 6) is 0. The third kappa shape index (κ3) is 2.23. The predicted molar refractivity (Wildman–Crippen MR) is 46.9 cm³/mol. The first kappa shape index (κ1) is 11.9. The van der Waals surface area contributed by atoms with Crippen molar-refractivity contribution in [2.24, 2.45) is 0 Å². The van der Waals surface area contributed by atoms with E-state index in [0.29, 0.717) is 5.69 Å². The Labute approximate surface area is 95.2 Å². The first-order valence-electron chi connectivity index (χ1n) is 3.93. The van der Waals surface area contributed by atoms with Crippen LogP contribution in [0.3, 0.4) is 0 Å². The van der Waals surface area contributed by atoms with E-state index in [-0.39, 0.29) is 24.1 Å². The number of hydrogen-bond acceptors (Lipinski definition) is 6. The van der Waals surface area contributed by atoms with Gasteiger partial charge in [-0.15, -0.1) is 0 Å². The van der Waals surface area contributed by atoms with E-state index in [9.17, 15) is 10.1 Å². The van der Waals surface area contributed by atoms with Gasteiger partial charge in [-0.2, -0.15) is 0 Å². The van der Waals surface area contributed by atoms with E-state index < -0.39 is 4.92 Å². The highest BCUT2D eigenvalue weighted by atomic mass is 35.5. The summed E-state index contributed by atoms with van der Waals surface area (Å²) in [6.45, 7) is 0. The van der Waals surface area contributed by atoms with Gasteiger partial charge in [0.05, 0.1) is 16.1 Å². The Kier molecular flexibility index (Phi) is 3.36. The van der Waals surface area contributed by atoms with Gasteiger partial charge in [-0.1, -0.05) is 0 Å². The summed E-state index contributed by atoms with van der Waals surface area (Å²) in [6, 6.07) is 5.69. The Morgan fingerprint density at radius 3 is 2.81 bits per heavy atom. The molecule has 0 fully saturated rings. The molecule has 2 aromatic rings. The quantitative estimate of drug-likeness (QED) is 0.339. The molecule has 0 aliphatic heterocycles. The molecule has 0 saturated carbocycles. The number of nitrogens with zero attached hydrogens (tertiary/aromatic N) is 4. The van der Waals surface area contributed by atoms with Crippen molar-refractivity contribution in [3.63, 3.8) is 0 Å². The van der Waals surface area contributed by atoms with E-state index >= 15 is 0 Å². The first-order chi connectivity index (χ1) is 7.16. The van der Waals surface area contributed by atoms with Crippen molar-refractivity contribution in [1.82, 2.24) is 10.4 Å². The molecule has 1 aromatic carbocycles. The smallest absolute Gasteiger partial charge is 0.387 e. The van der Waals surface area contributed by atoms with Crippen molar-refractivity contribution < 1.29 is 26.6 Å². The van der Waals surface area contributed by atoms with Crippen molar-refractivity contribution in [3.8, 4) is 5.69 Å². The van der Waals surface area contributed by atoms with Gasteiger partial charge >= 0.3 is 6.01 Å². The van der Waals surface area contributed by atoms with E-state index in [1.54, 1.807) is 6.07 Å². The molecule has 84 valence electrons. The van der Waals surface area contributed by atoms with Crippen molar-refractivity contribution >= 4 is 11.7 Å². The number of anilines is 1. The summed E-state index contributed by atoms with van der Waals surface area (Å²) in [6.07, 6.45) is 0. The number of nitro groups is 1. The topological polar surface area (TPSA) is 112 Å². The lowest BCUT2D eigenvalue weighted by molar-refractivity contribution is -0.724. The maximum atomic E-state index is 10.5. The average Bonchev–Trinajstić information content (AvgIpc) is 2.65. The minimum atomic E-state index is -0.506. The molecule has 0 aliphatic carbocycles. The molecule has 0 spiro atoms. The molecule has 8 nitrogen and oxygen atoms in total. The number of halogens is 1. The summed E-state index contributed by atoms with van der Waals surface area (Å²) in [4.78, 5) is 11.1. The van der Waals surface area contributed by atoms with Crippen molar-refractivity contribution in [2.45, 2.75) is 0 Å². The van der Waals surface area contributed by atoms with Gasteiger partial charge in [0.1, 0.15) is 4.80 Å². The summed E-state index contributed by atoms with van der Waals surface area (Å²) in [5, 5.41) is 17.6.